The molecule has 0 atom stereocenters. The van der Waals surface area contributed by atoms with Crippen molar-refractivity contribution < 1.29 is 9.18 Å². The highest BCUT2D eigenvalue weighted by atomic mass is 79.9. The summed E-state index contributed by atoms with van der Waals surface area (Å²) in [5.41, 5.74) is 0.885. The third-order valence-corrected chi connectivity index (χ3v) is 5.98. The van der Waals surface area contributed by atoms with Crippen molar-refractivity contribution in [2.75, 3.05) is 31.1 Å². The van der Waals surface area contributed by atoms with Crippen LogP contribution in [0.3, 0.4) is 0 Å². The largest absolute Gasteiger partial charge is 0.302 e. The van der Waals surface area contributed by atoms with Crippen LogP contribution in [0, 0.1) is 5.82 Å². The molecule has 4 nitrogen and oxygen atoms in total. The van der Waals surface area contributed by atoms with Crippen molar-refractivity contribution in [3.63, 3.8) is 0 Å². The van der Waals surface area contributed by atoms with Crippen LogP contribution in [-0.4, -0.2) is 42.0 Å². The molecule has 1 amide bonds. The van der Waals surface area contributed by atoms with Crippen LogP contribution in [0.15, 0.2) is 46.9 Å². The first kappa shape index (κ1) is 22.7. The van der Waals surface area contributed by atoms with Crippen LogP contribution >= 0.6 is 39.7 Å². The highest BCUT2D eigenvalue weighted by molar-refractivity contribution is 9.10. The maximum atomic E-state index is 14.1. The molecular formula is C20H22BrClFN3OS. The molecule has 8 heteroatoms. The molecule has 0 saturated carbocycles. The Balaban J connectivity index is 0.00000280. The Hall–Kier alpha value is -1.54. The van der Waals surface area contributed by atoms with Gasteiger partial charge in [0.15, 0.2) is 5.13 Å². The van der Waals surface area contributed by atoms with Crippen LogP contribution in [-0.2, 0) is 0 Å². The van der Waals surface area contributed by atoms with E-state index in [2.05, 4.69) is 39.7 Å². The molecule has 0 saturated heterocycles. The molecule has 0 N–H and O–H groups in total. The normalized spacial score (nSPS) is 10.9. The van der Waals surface area contributed by atoms with Gasteiger partial charge in [-0.1, -0.05) is 53.2 Å². The first-order valence-corrected chi connectivity index (χ1v) is 10.5. The molecule has 1 heterocycles. The van der Waals surface area contributed by atoms with Crippen LogP contribution in [0.2, 0.25) is 0 Å². The molecule has 0 bridgehead atoms. The molecule has 0 radical (unpaired) electrons. The SMILES string of the molecule is CCN(CC)CCN(C(=O)c1cccc(Br)c1)c1nc2c(F)cccc2s1.Cl. The maximum Gasteiger partial charge on any atom is 0.260 e. The number of likely N-dealkylation sites (N-methyl/N-ethyl adjacent to an activating group) is 1. The van der Waals surface area contributed by atoms with Gasteiger partial charge in [0.05, 0.1) is 4.70 Å². The minimum atomic E-state index is -0.367. The first-order chi connectivity index (χ1) is 13.0. The number of amides is 1. The second-order valence-corrected chi connectivity index (χ2v) is 8.00. The van der Waals surface area contributed by atoms with E-state index < -0.39 is 0 Å². The zero-order valence-corrected chi connectivity index (χ0v) is 18.9. The third-order valence-electron chi connectivity index (χ3n) is 4.44. The van der Waals surface area contributed by atoms with Gasteiger partial charge >= 0.3 is 0 Å². The van der Waals surface area contributed by atoms with E-state index >= 15 is 0 Å². The second-order valence-electron chi connectivity index (χ2n) is 6.08. The van der Waals surface area contributed by atoms with Crippen LogP contribution in [0.5, 0.6) is 0 Å². The number of benzene rings is 2. The van der Waals surface area contributed by atoms with Gasteiger partial charge in [0.2, 0.25) is 0 Å². The molecule has 0 aliphatic carbocycles. The summed E-state index contributed by atoms with van der Waals surface area (Å²) in [4.78, 5) is 21.5. The summed E-state index contributed by atoms with van der Waals surface area (Å²) >= 11 is 4.75. The Morgan fingerprint density at radius 3 is 2.50 bits per heavy atom. The topological polar surface area (TPSA) is 36.4 Å². The molecule has 0 spiro atoms. The lowest BCUT2D eigenvalue weighted by molar-refractivity contribution is 0.0983. The lowest BCUT2D eigenvalue weighted by atomic mass is 10.2. The Bertz CT molecular complexity index is 948. The molecule has 0 aliphatic rings. The molecule has 0 fully saturated rings. The van der Waals surface area contributed by atoms with E-state index in [1.165, 1.54) is 17.4 Å². The number of nitrogens with zero attached hydrogens (tertiary/aromatic N) is 3. The highest BCUT2D eigenvalue weighted by Gasteiger charge is 2.22. The Morgan fingerprint density at radius 2 is 1.86 bits per heavy atom. The van der Waals surface area contributed by atoms with E-state index in [1.54, 1.807) is 23.1 Å². The van der Waals surface area contributed by atoms with Crippen molar-refractivity contribution in [2.24, 2.45) is 0 Å². The minimum Gasteiger partial charge on any atom is -0.302 e. The number of fused-ring (bicyclic) bond motifs is 1. The molecule has 0 unspecified atom stereocenters. The monoisotopic (exact) mass is 485 g/mol. The fourth-order valence-corrected chi connectivity index (χ4v) is 4.27. The fourth-order valence-electron chi connectivity index (χ4n) is 2.86. The molecule has 150 valence electrons. The van der Waals surface area contributed by atoms with Crippen LogP contribution < -0.4 is 4.90 Å². The Kier molecular flexibility index (Phi) is 8.37. The summed E-state index contributed by atoms with van der Waals surface area (Å²) in [6.45, 7) is 7.22. The molecular weight excluding hydrogens is 465 g/mol. The second kappa shape index (κ2) is 10.3. The van der Waals surface area contributed by atoms with Crippen molar-refractivity contribution in [3.8, 4) is 0 Å². The van der Waals surface area contributed by atoms with E-state index in [1.807, 2.05) is 18.2 Å². The number of aromatic nitrogens is 1. The summed E-state index contributed by atoms with van der Waals surface area (Å²) < 4.78 is 15.7. The molecule has 3 rings (SSSR count). The molecule has 0 aliphatic heterocycles. The van der Waals surface area contributed by atoms with E-state index in [9.17, 15) is 9.18 Å². The minimum absolute atomic E-state index is 0. The molecule has 1 aromatic heterocycles. The van der Waals surface area contributed by atoms with Crippen molar-refractivity contribution in [2.45, 2.75) is 13.8 Å². The van der Waals surface area contributed by atoms with Gasteiger partial charge < -0.3 is 4.90 Å². The first-order valence-electron chi connectivity index (χ1n) is 8.88. The van der Waals surface area contributed by atoms with Crippen molar-refractivity contribution in [1.82, 2.24) is 9.88 Å². The lowest BCUT2D eigenvalue weighted by Crippen LogP contribution is -2.38. The van der Waals surface area contributed by atoms with Crippen LogP contribution in [0.25, 0.3) is 10.2 Å². The average Bonchev–Trinajstić information content (AvgIpc) is 3.10. The number of anilines is 1. The van der Waals surface area contributed by atoms with E-state index in [0.717, 1.165) is 28.8 Å². The number of para-hydroxylation sites is 1. The van der Waals surface area contributed by atoms with Crippen molar-refractivity contribution in [1.29, 1.82) is 0 Å². The van der Waals surface area contributed by atoms with Gasteiger partial charge in [-0.3, -0.25) is 9.69 Å². The summed E-state index contributed by atoms with van der Waals surface area (Å²) in [6, 6.07) is 12.2. The van der Waals surface area contributed by atoms with Crippen molar-refractivity contribution >= 4 is 60.9 Å². The molecule has 3 aromatic rings. The van der Waals surface area contributed by atoms with Crippen molar-refractivity contribution in [3.05, 3.63) is 58.3 Å². The van der Waals surface area contributed by atoms with E-state index in [4.69, 9.17) is 0 Å². The van der Waals surface area contributed by atoms with Gasteiger partial charge in [-0.05, 0) is 43.4 Å². The number of halogens is 3. The highest BCUT2D eigenvalue weighted by Crippen LogP contribution is 2.31. The standard InChI is InChI=1S/C20H21BrFN3OS.ClH/c1-3-24(4-2)11-12-25(19(26)14-7-5-8-15(21)13-14)20-23-18-16(22)9-6-10-17(18)27-20;/h5-10,13H,3-4,11-12H2,1-2H3;1H. The summed E-state index contributed by atoms with van der Waals surface area (Å²) in [7, 11) is 0. The van der Waals surface area contributed by atoms with Crippen LogP contribution in [0.4, 0.5) is 9.52 Å². The third kappa shape index (κ3) is 5.08. The van der Waals surface area contributed by atoms with E-state index in [-0.39, 0.29) is 24.1 Å². The zero-order chi connectivity index (χ0) is 19.4. The summed E-state index contributed by atoms with van der Waals surface area (Å²) in [5, 5.41) is 0.521. The van der Waals surface area contributed by atoms with Crippen LogP contribution in [0.1, 0.15) is 24.2 Å². The number of carbonyl (C=O) groups is 1. The summed E-state index contributed by atoms with van der Waals surface area (Å²) in [5.74, 6) is -0.503. The smallest absolute Gasteiger partial charge is 0.260 e. The number of hydrogen-bond donors (Lipinski definition) is 0. The van der Waals surface area contributed by atoms with E-state index in [0.29, 0.717) is 22.8 Å². The number of carbonyl (C=O) groups excluding carboxylic acids is 1. The zero-order valence-electron chi connectivity index (χ0n) is 15.7. The quantitative estimate of drug-likeness (QED) is 0.436. The number of hydrogen-bond acceptors (Lipinski definition) is 4. The predicted octanol–water partition coefficient (Wildman–Crippen LogP) is 5.61. The average molecular weight is 487 g/mol. The van der Waals surface area contributed by atoms with Gasteiger partial charge in [0, 0.05) is 23.1 Å². The van der Waals surface area contributed by atoms with Gasteiger partial charge in [0.1, 0.15) is 11.3 Å². The van der Waals surface area contributed by atoms with Gasteiger partial charge in [-0.15, -0.1) is 12.4 Å². The Morgan fingerprint density at radius 1 is 1.14 bits per heavy atom. The number of rotatable bonds is 7. The molecule has 2 aromatic carbocycles. The number of thiazole rings is 1. The lowest BCUT2D eigenvalue weighted by Gasteiger charge is -2.24. The fraction of sp³-hybridized carbons (Fsp3) is 0.300. The van der Waals surface area contributed by atoms with Gasteiger partial charge in [-0.2, -0.15) is 0 Å². The Labute approximate surface area is 182 Å². The predicted molar refractivity (Wildman–Crippen MR) is 120 cm³/mol. The van der Waals surface area contributed by atoms with Gasteiger partial charge in [-0.25, -0.2) is 9.37 Å². The summed E-state index contributed by atoms with van der Waals surface area (Å²) in [6.07, 6.45) is 0. The van der Waals surface area contributed by atoms with Gasteiger partial charge in [0.25, 0.3) is 5.91 Å². The molecule has 28 heavy (non-hydrogen) atoms. The maximum absolute atomic E-state index is 14.1.